The van der Waals surface area contributed by atoms with Crippen LogP contribution in [-0.2, 0) is 14.3 Å². The Kier molecular flexibility index (Phi) is 10.7. The van der Waals surface area contributed by atoms with E-state index >= 15 is 0 Å². The summed E-state index contributed by atoms with van der Waals surface area (Å²) in [6.45, 7) is 4.54. The molecule has 9 heteroatoms. The Labute approximate surface area is 252 Å². The van der Waals surface area contributed by atoms with Crippen LogP contribution in [0.4, 0.5) is 9.59 Å². The molecule has 1 saturated heterocycles. The second-order valence-corrected chi connectivity index (χ2v) is 11.7. The summed E-state index contributed by atoms with van der Waals surface area (Å²) in [7, 11) is 3.30. The molecule has 3 aromatic rings. The molecule has 8 nitrogen and oxygen atoms in total. The first kappa shape index (κ1) is 30.7. The molecule has 2 atom stereocenters. The summed E-state index contributed by atoms with van der Waals surface area (Å²) in [5.41, 5.74) is 3.33. The van der Waals surface area contributed by atoms with Gasteiger partial charge in [-0.05, 0) is 23.1 Å². The van der Waals surface area contributed by atoms with E-state index in [4.69, 9.17) is 4.74 Å². The number of nitrogens with zero attached hydrogens (tertiary/aromatic N) is 2. The van der Waals surface area contributed by atoms with Gasteiger partial charge < -0.3 is 20.3 Å². The van der Waals surface area contributed by atoms with Gasteiger partial charge in [-0.2, -0.15) is 0 Å². The summed E-state index contributed by atoms with van der Waals surface area (Å²) in [6, 6.07) is 30.0. The van der Waals surface area contributed by atoms with Gasteiger partial charge in [0.15, 0.2) is 0 Å². The number of rotatable bonds is 11. The molecule has 0 unspecified atom stereocenters. The van der Waals surface area contributed by atoms with Crippen LogP contribution >= 0.6 is 11.8 Å². The number of amides is 4. The fourth-order valence-corrected chi connectivity index (χ4v) is 6.98. The quantitative estimate of drug-likeness (QED) is 0.190. The third-order valence-corrected chi connectivity index (χ3v) is 8.85. The average molecular weight is 587 g/mol. The maximum absolute atomic E-state index is 13.4. The lowest BCUT2D eigenvalue weighted by atomic mass is 9.84. The van der Waals surface area contributed by atoms with Crippen LogP contribution in [0.2, 0.25) is 0 Å². The molecule has 0 radical (unpaired) electrons. The molecule has 0 bridgehead atoms. The maximum Gasteiger partial charge on any atom is 0.410 e. The Hall–Kier alpha value is -4.24. The molecule has 0 saturated carbocycles. The van der Waals surface area contributed by atoms with Crippen molar-refractivity contribution in [3.05, 3.63) is 120 Å². The number of benzene rings is 3. The van der Waals surface area contributed by atoms with Crippen LogP contribution < -0.4 is 10.6 Å². The van der Waals surface area contributed by atoms with Crippen molar-refractivity contribution in [2.75, 3.05) is 40.3 Å². The lowest BCUT2D eigenvalue weighted by Gasteiger charge is -2.37. The molecule has 0 spiro atoms. The number of carbonyl (C=O) groups is 3. The number of ether oxygens (including phenoxy) is 1. The molecule has 42 heavy (non-hydrogen) atoms. The highest BCUT2D eigenvalue weighted by Crippen LogP contribution is 2.52. The Morgan fingerprint density at radius 3 is 1.88 bits per heavy atom. The maximum atomic E-state index is 13.4. The van der Waals surface area contributed by atoms with Gasteiger partial charge in [0.1, 0.15) is 12.6 Å². The lowest BCUT2D eigenvalue weighted by Crippen LogP contribution is -2.48. The van der Waals surface area contributed by atoms with E-state index in [0.717, 1.165) is 16.7 Å². The summed E-state index contributed by atoms with van der Waals surface area (Å²) in [4.78, 5) is 41.3. The van der Waals surface area contributed by atoms with Crippen molar-refractivity contribution in [3.8, 4) is 0 Å². The normalized spacial score (nSPS) is 16.4. The minimum absolute atomic E-state index is 0.0556. The third kappa shape index (κ3) is 7.15. The van der Waals surface area contributed by atoms with Gasteiger partial charge in [0, 0.05) is 39.0 Å². The Balaban J connectivity index is 1.64. The van der Waals surface area contributed by atoms with E-state index in [1.807, 2.05) is 54.6 Å². The van der Waals surface area contributed by atoms with Crippen molar-refractivity contribution in [2.24, 2.45) is 0 Å². The van der Waals surface area contributed by atoms with Gasteiger partial charge in [-0.15, -0.1) is 11.8 Å². The van der Waals surface area contributed by atoms with Gasteiger partial charge >= 0.3 is 12.1 Å². The fourth-order valence-electron chi connectivity index (χ4n) is 5.15. The highest BCUT2D eigenvalue weighted by atomic mass is 32.2. The molecular formula is C33H38N4O4S. The molecule has 4 rings (SSSR count). The monoisotopic (exact) mass is 586 g/mol. The number of nitrogens with one attached hydrogen (secondary N) is 2. The molecule has 4 amide bonds. The SMILES string of the molecule is C=CCOC(=O)N1C[C@@H](SC(c2ccccc2)(c2ccccc2)c2ccccc2)C[C@H]1C(=O)NCCNC(=O)N(C)C. The number of thioether (sulfide) groups is 1. The van der Waals surface area contributed by atoms with E-state index < -0.39 is 16.9 Å². The van der Waals surface area contributed by atoms with Gasteiger partial charge in [-0.25, -0.2) is 9.59 Å². The minimum Gasteiger partial charge on any atom is -0.445 e. The van der Waals surface area contributed by atoms with Gasteiger partial charge in [0.2, 0.25) is 5.91 Å². The van der Waals surface area contributed by atoms with Crippen molar-refractivity contribution in [2.45, 2.75) is 22.5 Å². The smallest absolute Gasteiger partial charge is 0.410 e. The van der Waals surface area contributed by atoms with Crippen molar-refractivity contribution >= 4 is 29.8 Å². The van der Waals surface area contributed by atoms with E-state index in [2.05, 4.69) is 53.6 Å². The van der Waals surface area contributed by atoms with Crippen molar-refractivity contribution in [1.82, 2.24) is 20.4 Å². The second kappa shape index (κ2) is 14.6. The molecule has 1 heterocycles. The largest absolute Gasteiger partial charge is 0.445 e. The zero-order chi connectivity index (χ0) is 30.0. The Morgan fingerprint density at radius 1 is 0.905 bits per heavy atom. The summed E-state index contributed by atoms with van der Waals surface area (Å²) < 4.78 is 4.80. The highest BCUT2D eigenvalue weighted by Gasteiger charge is 2.46. The van der Waals surface area contributed by atoms with Gasteiger partial charge in [0.05, 0.1) is 4.75 Å². The Morgan fingerprint density at radius 2 is 1.40 bits per heavy atom. The van der Waals surface area contributed by atoms with Crippen LogP contribution in [0.1, 0.15) is 23.1 Å². The van der Waals surface area contributed by atoms with E-state index in [1.54, 1.807) is 25.9 Å². The molecule has 1 fully saturated rings. The molecule has 0 aromatic heterocycles. The molecule has 2 N–H and O–H groups in total. The number of likely N-dealkylation sites (tertiary alicyclic amines) is 1. The van der Waals surface area contributed by atoms with Gasteiger partial charge in [-0.1, -0.05) is 104 Å². The van der Waals surface area contributed by atoms with Crippen molar-refractivity contribution in [1.29, 1.82) is 0 Å². The molecular weight excluding hydrogens is 548 g/mol. The second-order valence-electron chi connectivity index (χ2n) is 10.2. The molecule has 0 aliphatic carbocycles. The van der Waals surface area contributed by atoms with Crippen LogP contribution in [0.5, 0.6) is 0 Å². The van der Waals surface area contributed by atoms with Crippen LogP contribution in [0.3, 0.4) is 0 Å². The summed E-state index contributed by atoms with van der Waals surface area (Å²) in [5.74, 6) is -0.280. The molecule has 220 valence electrons. The first-order chi connectivity index (χ1) is 20.4. The third-order valence-electron chi connectivity index (χ3n) is 7.12. The first-order valence-corrected chi connectivity index (χ1v) is 14.9. The first-order valence-electron chi connectivity index (χ1n) is 14.0. The minimum atomic E-state index is -0.718. The number of hydrogen-bond donors (Lipinski definition) is 2. The topological polar surface area (TPSA) is 91.0 Å². The van der Waals surface area contributed by atoms with Crippen molar-refractivity contribution in [3.63, 3.8) is 0 Å². The highest BCUT2D eigenvalue weighted by molar-refractivity contribution is 8.01. The predicted octanol–water partition coefficient (Wildman–Crippen LogP) is 4.86. The van der Waals surface area contributed by atoms with Gasteiger partial charge in [0.25, 0.3) is 0 Å². The molecule has 1 aliphatic rings. The molecule has 1 aliphatic heterocycles. The van der Waals surface area contributed by atoms with E-state index in [0.29, 0.717) is 13.0 Å². The van der Waals surface area contributed by atoms with E-state index in [1.165, 1.54) is 15.9 Å². The fraction of sp³-hybridized carbons (Fsp3) is 0.303. The molecule has 3 aromatic carbocycles. The van der Waals surface area contributed by atoms with Gasteiger partial charge in [-0.3, -0.25) is 9.69 Å². The van der Waals surface area contributed by atoms with Crippen molar-refractivity contribution < 1.29 is 19.1 Å². The van der Waals surface area contributed by atoms with Crippen LogP contribution in [0.15, 0.2) is 104 Å². The van der Waals surface area contributed by atoms with Crippen LogP contribution in [0, 0.1) is 0 Å². The van der Waals surface area contributed by atoms with Crippen LogP contribution in [0.25, 0.3) is 0 Å². The number of urea groups is 1. The zero-order valence-electron chi connectivity index (χ0n) is 24.1. The predicted molar refractivity (Wildman–Crippen MR) is 167 cm³/mol. The number of hydrogen-bond acceptors (Lipinski definition) is 5. The average Bonchev–Trinajstić information content (AvgIpc) is 3.45. The zero-order valence-corrected chi connectivity index (χ0v) is 24.9. The Bertz CT molecular complexity index is 1240. The standard InChI is InChI=1S/C33H38N4O4S/c1-4-22-41-32(40)37-24-28(23-29(37)30(38)34-20-21-35-31(39)36(2)3)42-33(25-14-8-5-9-15-25,26-16-10-6-11-17-26)27-18-12-7-13-19-27/h4-19,28-29H,1,20-24H2,2-3H3,(H,34,38)(H,35,39)/t28-,29-/m0/s1. The number of carbonyl (C=O) groups excluding carboxylic acids is 3. The summed E-state index contributed by atoms with van der Waals surface area (Å²) >= 11 is 1.75. The van der Waals surface area contributed by atoms with Crippen LogP contribution in [-0.4, -0.2) is 79.5 Å². The summed E-state index contributed by atoms with van der Waals surface area (Å²) in [6.07, 6.45) is 1.40. The summed E-state index contributed by atoms with van der Waals surface area (Å²) in [5, 5.41) is 5.53. The lowest BCUT2D eigenvalue weighted by molar-refractivity contribution is -0.125. The van der Waals surface area contributed by atoms with E-state index in [-0.39, 0.29) is 36.9 Å². The van der Waals surface area contributed by atoms with E-state index in [9.17, 15) is 14.4 Å².